The quantitative estimate of drug-likeness (QED) is 0.690. The van der Waals surface area contributed by atoms with E-state index in [4.69, 9.17) is 4.74 Å². The Labute approximate surface area is 169 Å². The van der Waals surface area contributed by atoms with Crippen molar-refractivity contribution < 1.29 is 13.9 Å². The zero-order valence-electron chi connectivity index (χ0n) is 16.2. The SMILES string of the molecule is CC(NCC(=O)N1c2ccccc2OCC1c1ccccc1)c1ccccc1F. The molecule has 5 heteroatoms. The van der Waals surface area contributed by atoms with Crippen LogP contribution in [0, 0.1) is 5.82 Å². The summed E-state index contributed by atoms with van der Waals surface area (Å²) in [4.78, 5) is 15.1. The van der Waals surface area contributed by atoms with Crippen LogP contribution in [0.3, 0.4) is 0 Å². The van der Waals surface area contributed by atoms with Crippen molar-refractivity contribution in [2.45, 2.75) is 19.0 Å². The fourth-order valence-corrected chi connectivity index (χ4v) is 3.68. The molecule has 0 bridgehead atoms. The molecule has 0 aromatic heterocycles. The van der Waals surface area contributed by atoms with Crippen LogP contribution < -0.4 is 15.0 Å². The van der Waals surface area contributed by atoms with Gasteiger partial charge in [-0.25, -0.2) is 4.39 Å². The van der Waals surface area contributed by atoms with Gasteiger partial charge in [-0.3, -0.25) is 9.69 Å². The molecule has 0 aliphatic carbocycles. The molecular formula is C24H23FN2O2. The van der Waals surface area contributed by atoms with E-state index in [1.165, 1.54) is 6.07 Å². The number of carbonyl (C=O) groups excluding carboxylic acids is 1. The van der Waals surface area contributed by atoms with Gasteiger partial charge in [0.15, 0.2) is 0 Å². The lowest BCUT2D eigenvalue weighted by Crippen LogP contribution is -2.45. The van der Waals surface area contributed by atoms with Crippen LogP contribution in [0.4, 0.5) is 10.1 Å². The van der Waals surface area contributed by atoms with Crippen LogP contribution in [0.25, 0.3) is 0 Å². The van der Waals surface area contributed by atoms with Crippen molar-refractivity contribution in [3.8, 4) is 5.75 Å². The molecule has 4 rings (SSSR count). The zero-order chi connectivity index (χ0) is 20.2. The number of para-hydroxylation sites is 2. The number of fused-ring (bicyclic) bond motifs is 1. The Bertz CT molecular complexity index is 993. The Morgan fingerprint density at radius 2 is 1.76 bits per heavy atom. The van der Waals surface area contributed by atoms with Gasteiger partial charge in [-0.15, -0.1) is 0 Å². The first-order chi connectivity index (χ1) is 14.1. The highest BCUT2D eigenvalue weighted by atomic mass is 19.1. The van der Waals surface area contributed by atoms with Crippen LogP contribution in [0.5, 0.6) is 5.75 Å². The molecule has 2 unspecified atom stereocenters. The first-order valence-corrected chi connectivity index (χ1v) is 9.72. The summed E-state index contributed by atoms with van der Waals surface area (Å²) >= 11 is 0. The van der Waals surface area contributed by atoms with Crippen LogP contribution >= 0.6 is 0 Å². The smallest absolute Gasteiger partial charge is 0.241 e. The molecular weight excluding hydrogens is 367 g/mol. The Hall–Kier alpha value is -3.18. The van der Waals surface area contributed by atoms with Crippen molar-refractivity contribution in [2.24, 2.45) is 0 Å². The highest BCUT2D eigenvalue weighted by Gasteiger charge is 2.33. The number of carbonyl (C=O) groups is 1. The number of ether oxygens (including phenoxy) is 1. The number of amides is 1. The van der Waals surface area contributed by atoms with E-state index in [1.54, 1.807) is 23.1 Å². The van der Waals surface area contributed by atoms with Crippen LogP contribution in [-0.4, -0.2) is 19.1 Å². The Kier molecular flexibility index (Phi) is 5.58. The van der Waals surface area contributed by atoms with Crippen molar-refractivity contribution in [2.75, 3.05) is 18.1 Å². The van der Waals surface area contributed by atoms with Crippen LogP contribution in [0.15, 0.2) is 78.9 Å². The second-order valence-corrected chi connectivity index (χ2v) is 7.09. The molecule has 0 saturated carbocycles. The minimum Gasteiger partial charge on any atom is -0.489 e. The molecule has 0 radical (unpaired) electrons. The molecule has 0 fully saturated rings. The number of rotatable bonds is 5. The summed E-state index contributed by atoms with van der Waals surface area (Å²) in [5.74, 6) is 0.326. The highest BCUT2D eigenvalue weighted by molar-refractivity contribution is 5.97. The standard InChI is InChI=1S/C24H23FN2O2/c1-17(19-11-5-6-12-20(19)25)26-15-24(28)27-21-13-7-8-14-23(21)29-16-22(27)18-9-3-2-4-10-18/h2-14,17,22,26H,15-16H2,1H3. The lowest BCUT2D eigenvalue weighted by molar-refractivity contribution is -0.118. The Morgan fingerprint density at radius 3 is 2.55 bits per heavy atom. The molecule has 0 spiro atoms. The van der Waals surface area contributed by atoms with Gasteiger partial charge in [-0.1, -0.05) is 60.7 Å². The summed E-state index contributed by atoms with van der Waals surface area (Å²) in [5, 5.41) is 3.17. The first-order valence-electron chi connectivity index (χ1n) is 9.72. The highest BCUT2D eigenvalue weighted by Crippen LogP contribution is 2.39. The van der Waals surface area contributed by atoms with Gasteiger partial charge in [0.2, 0.25) is 5.91 Å². The molecule has 3 aromatic rings. The van der Waals surface area contributed by atoms with Gasteiger partial charge in [0.25, 0.3) is 0 Å². The third-order valence-electron chi connectivity index (χ3n) is 5.22. The van der Waals surface area contributed by atoms with E-state index in [9.17, 15) is 9.18 Å². The average molecular weight is 390 g/mol. The zero-order valence-corrected chi connectivity index (χ0v) is 16.2. The van der Waals surface area contributed by atoms with Gasteiger partial charge in [-0.2, -0.15) is 0 Å². The summed E-state index contributed by atoms with van der Waals surface area (Å²) in [5.41, 5.74) is 2.30. The molecule has 1 amide bonds. The fraction of sp³-hybridized carbons (Fsp3) is 0.208. The number of hydrogen-bond acceptors (Lipinski definition) is 3. The number of halogens is 1. The first kappa shape index (κ1) is 19.2. The topological polar surface area (TPSA) is 41.6 Å². The Morgan fingerprint density at radius 1 is 1.07 bits per heavy atom. The van der Waals surface area contributed by atoms with Crippen molar-refractivity contribution in [1.29, 1.82) is 0 Å². The molecule has 1 N–H and O–H groups in total. The number of nitrogens with one attached hydrogen (secondary N) is 1. The van der Waals surface area contributed by atoms with Gasteiger partial charge in [0.05, 0.1) is 18.3 Å². The predicted octanol–water partition coefficient (Wildman–Crippen LogP) is 4.64. The van der Waals surface area contributed by atoms with Crippen molar-refractivity contribution in [3.05, 3.63) is 95.8 Å². The van der Waals surface area contributed by atoms with Crippen LogP contribution in [0.1, 0.15) is 30.1 Å². The van der Waals surface area contributed by atoms with Crippen LogP contribution in [-0.2, 0) is 4.79 Å². The Balaban J connectivity index is 1.57. The van der Waals surface area contributed by atoms with Crippen molar-refractivity contribution >= 4 is 11.6 Å². The lowest BCUT2D eigenvalue weighted by atomic mass is 10.0. The maximum absolute atomic E-state index is 14.0. The molecule has 3 aromatic carbocycles. The van der Waals surface area contributed by atoms with Gasteiger partial charge >= 0.3 is 0 Å². The van der Waals surface area contributed by atoms with Crippen LogP contribution in [0.2, 0.25) is 0 Å². The number of benzene rings is 3. The summed E-state index contributed by atoms with van der Waals surface area (Å²) < 4.78 is 20.0. The third kappa shape index (κ3) is 4.00. The van der Waals surface area contributed by atoms with Gasteiger partial charge in [-0.05, 0) is 30.7 Å². The summed E-state index contributed by atoms with van der Waals surface area (Å²) in [6, 6.07) is 23.5. The molecule has 4 nitrogen and oxygen atoms in total. The molecule has 148 valence electrons. The second-order valence-electron chi connectivity index (χ2n) is 7.09. The van der Waals surface area contributed by atoms with E-state index in [1.807, 2.05) is 61.5 Å². The molecule has 1 aliphatic rings. The number of hydrogen-bond donors (Lipinski definition) is 1. The molecule has 0 saturated heterocycles. The maximum atomic E-state index is 14.0. The van der Waals surface area contributed by atoms with Gasteiger partial charge in [0.1, 0.15) is 18.2 Å². The molecule has 1 aliphatic heterocycles. The largest absolute Gasteiger partial charge is 0.489 e. The monoisotopic (exact) mass is 390 g/mol. The van der Waals surface area contributed by atoms with Crippen molar-refractivity contribution in [3.63, 3.8) is 0 Å². The van der Waals surface area contributed by atoms with E-state index >= 15 is 0 Å². The molecule has 1 heterocycles. The predicted molar refractivity (Wildman–Crippen MR) is 111 cm³/mol. The fourth-order valence-electron chi connectivity index (χ4n) is 3.68. The van der Waals surface area contributed by atoms with E-state index in [-0.39, 0.29) is 30.4 Å². The number of anilines is 1. The summed E-state index contributed by atoms with van der Waals surface area (Å²) in [6.07, 6.45) is 0. The lowest BCUT2D eigenvalue weighted by Gasteiger charge is -2.37. The van der Waals surface area contributed by atoms with Gasteiger partial charge < -0.3 is 10.1 Å². The van der Waals surface area contributed by atoms with E-state index in [2.05, 4.69) is 5.32 Å². The molecule has 2 atom stereocenters. The number of nitrogens with zero attached hydrogens (tertiary/aromatic N) is 1. The summed E-state index contributed by atoms with van der Waals surface area (Å²) in [6.45, 7) is 2.33. The second kappa shape index (κ2) is 8.45. The normalized spacial score (nSPS) is 16.6. The summed E-state index contributed by atoms with van der Waals surface area (Å²) in [7, 11) is 0. The van der Waals surface area contributed by atoms with E-state index < -0.39 is 0 Å². The van der Waals surface area contributed by atoms with E-state index in [0.29, 0.717) is 17.9 Å². The minimum atomic E-state index is -0.286. The van der Waals surface area contributed by atoms with Crippen molar-refractivity contribution in [1.82, 2.24) is 5.32 Å². The van der Waals surface area contributed by atoms with Gasteiger partial charge in [0, 0.05) is 11.6 Å². The molecule has 29 heavy (non-hydrogen) atoms. The maximum Gasteiger partial charge on any atom is 0.241 e. The average Bonchev–Trinajstić information content (AvgIpc) is 2.77. The third-order valence-corrected chi connectivity index (χ3v) is 5.22. The van der Waals surface area contributed by atoms with E-state index in [0.717, 1.165) is 11.3 Å². The minimum absolute atomic E-state index is 0.0854.